The van der Waals surface area contributed by atoms with E-state index in [1.54, 1.807) is 30.3 Å². The van der Waals surface area contributed by atoms with E-state index in [0.717, 1.165) is 0 Å². The summed E-state index contributed by atoms with van der Waals surface area (Å²) in [6.45, 7) is 0.105. The first-order valence-corrected chi connectivity index (χ1v) is 5.40. The molecule has 0 amide bonds. The van der Waals surface area contributed by atoms with Gasteiger partial charge in [-0.25, -0.2) is 4.39 Å². The molecule has 0 atom stereocenters. The van der Waals surface area contributed by atoms with Crippen LogP contribution in [0.5, 0.6) is 11.5 Å². The molecule has 0 saturated carbocycles. The maximum atomic E-state index is 13.1. The van der Waals surface area contributed by atoms with Gasteiger partial charge in [-0.1, -0.05) is 35.9 Å². The van der Waals surface area contributed by atoms with Crippen molar-refractivity contribution in [3.8, 4) is 11.5 Å². The van der Waals surface area contributed by atoms with Crippen LogP contribution in [0.15, 0.2) is 42.5 Å². The first kappa shape index (κ1) is 11.7. The topological polar surface area (TPSA) is 29.5 Å². The number of phenols is 1. The van der Waals surface area contributed by atoms with Crippen molar-refractivity contribution in [1.29, 1.82) is 0 Å². The minimum atomic E-state index is -0.481. The molecule has 0 aliphatic carbocycles. The molecule has 0 fully saturated rings. The summed E-state index contributed by atoms with van der Waals surface area (Å²) >= 11 is 5.78. The summed E-state index contributed by atoms with van der Waals surface area (Å²) in [6, 6.07) is 11.1. The fourth-order valence-corrected chi connectivity index (χ4v) is 1.58. The fourth-order valence-electron chi connectivity index (χ4n) is 1.39. The number of halogens is 2. The van der Waals surface area contributed by atoms with Crippen molar-refractivity contribution in [2.45, 2.75) is 6.61 Å². The molecule has 4 heteroatoms. The molecule has 0 saturated heterocycles. The number of benzene rings is 2. The highest BCUT2D eigenvalue weighted by atomic mass is 35.5. The van der Waals surface area contributed by atoms with E-state index < -0.39 is 5.82 Å². The predicted molar refractivity (Wildman–Crippen MR) is 63.8 cm³/mol. The van der Waals surface area contributed by atoms with Crippen molar-refractivity contribution in [3.63, 3.8) is 0 Å². The number of aromatic hydroxyl groups is 1. The Kier molecular flexibility index (Phi) is 3.49. The van der Waals surface area contributed by atoms with Crippen LogP contribution in [0, 0.1) is 5.82 Å². The Morgan fingerprint density at radius 1 is 1.12 bits per heavy atom. The second-order valence-electron chi connectivity index (χ2n) is 3.47. The molecule has 0 unspecified atom stereocenters. The summed E-state index contributed by atoms with van der Waals surface area (Å²) in [6.07, 6.45) is 0. The number of rotatable bonds is 3. The highest BCUT2D eigenvalue weighted by molar-refractivity contribution is 6.31. The Bertz CT molecular complexity index is 529. The van der Waals surface area contributed by atoms with Crippen LogP contribution in [0.4, 0.5) is 4.39 Å². The number of para-hydroxylation sites is 2. The van der Waals surface area contributed by atoms with Gasteiger partial charge in [-0.2, -0.15) is 0 Å². The molecule has 2 rings (SSSR count). The number of phenolic OH excluding ortho intramolecular Hbond substituents is 1. The van der Waals surface area contributed by atoms with Crippen LogP contribution in [0.2, 0.25) is 5.02 Å². The Balaban J connectivity index is 2.13. The lowest BCUT2D eigenvalue weighted by molar-refractivity contribution is 0.288. The molecular weight excluding hydrogens is 243 g/mol. The van der Waals surface area contributed by atoms with Crippen LogP contribution in [0.25, 0.3) is 0 Å². The monoisotopic (exact) mass is 252 g/mol. The van der Waals surface area contributed by atoms with E-state index in [4.69, 9.17) is 16.3 Å². The fraction of sp³-hybridized carbons (Fsp3) is 0.0769. The molecule has 17 heavy (non-hydrogen) atoms. The maximum absolute atomic E-state index is 13.1. The van der Waals surface area contributed by atoms with Gasteiger partial charge >= 0.3 is 0 Å². The van der Waals surface area contributed by atoms with Crippen molar-refractivity contribution < 1.29 is 14.2 Å². The average Bonchev–Trinajstić information content (AvgIpc) is 2.33. The Morgan fingerprint density at radius 2 is 1.88 bits per heavy atom. The van der Waals surface area contributed by atoms with Gasteiger partial charge in [-0.05, 0) is 18.2 Å². The average molecular weight is 253 g/mol. The molecule has 0 radical (unpaired) electrons. The van der Waals surface area contributed by atoms with Crippen molar-refractivity contribution >= 4 is 11.6 Å². The van der Waals surface area contributed by atoms with Crippen molar-refractivity contribution in [2.24, 2.45) is 0 Å². The standard InChI is InChI=1S/C13H10ClFO2/c14-13-9(4-3-5-10(13)15)8-17-12-7-2-1-6-11(12)16/h1-7,16H,8H2. The molecule has 2 aromatic carbocycles. The predicted octanol–water partition coefficient (Wildman–Crippen LogP) is 3.76. The third-order valence-electron chi connectivity index (χ3n) is 2.28. The van der Waals surface area contributed by atoms with Crippen molar-refractivity contribution in [3.05, 3.63) is 58.9 Å². The second kappa shape index (κ2) is 5.06. The normalized spacial score (nSPS) is 10.2. The smallest absolute Gasteiger partial charge is 0.161 e. The Labute approximate surface area is 103 Å². The highest BCUT2D eigenvalue weighted by Gasteiger charge is 2.07. The minimum Gasteiger partial charge on any atom is -0.504 e. The number of hydrogen-bond donors (Lipinski definition) is 1. The molecule has 0 spiro atoms. The lowest BCUT2D eigenvalue weighted by atomic mass is 10.2. The SMILES string of the molecule is Oc1ccccc1OCc1cccc(F)c1Cl. The van der Waals surface area contributed by atoms with Gasteiger partial charge < -0.3 is 9.84 Å². The van der Waals surface area contributed by atoms with Crippen LogP contribution in [0.3, 0.4) is 0 Å². The van der Waals surface area contributed by atoms with E-state index in [1.807, 2.05) is 0 Å². The van der Waals surface area contributed by atoms with Crippen LogP contribution >= 0.6 is 11.6 Å². The first-order chi connectivity index (χ1) is 8.18. The lowest BCUT2D eigenvalue weighted by Gasteiger charge is -2.09. The molecular formula is C13H10ClFO2. The zero-order valence-corrected chi connectivity index (χ0v) is 9.62. The van der Waals surface area contributed by atoms with E-state index in [1.165, 1.54) is 12.1 Å². The quantitative estimate of drug-likeness (QED) is 0.901. The minimum absolute atomic E-state index is 0.0417. The number of hydrogen-bond acceptors (Lipinski definition) is 2. The maximum Gasteiger partial charge on any atom is 0.161 e. The zero-order valence-electron chi connectivity index (χ0n) is 8.86. The molecule has 88 valence electrons. The molecule has 0 bridgehead atoms. The van der Waals surface area contributed by atoms with Gasteiger partial charge in [0.15, 0.2) is 11.5 Å². The summed E-state index contributed by atoms with van der Waals surface area (Å²) in [5, 5.41) is 9.52. The molecule has 1 N–H and O–H groups in total. The van der Waals surface area contributed by atoms with Gasteiger partial charge in [0.25, 0.3) is 0 Å². The largest absolute Gasteiger partial charge is 0.504 e. The molecule has 0 aliphatic rings. The van der Waals surface area contributed by atoms with Crippen LogP contribution in [0.1, 0.15) is 5.56 Å². The van der Waals surface area contributed by atoms with Crippen molar-refractivity contribution in [1.82, 2.24) is 0 Å². The lowest BCUT2D eigenvalue weighted by Crippen LogP contribution is -1.97. The van der Waals surface area contributed by atoms with Gasteiger partial charge in [-0.3, -0.25) is 0 Å². The molecule has 2 nitrogen and oxygen atoms in total. The Morgan fingerprint density at radius 3 is 2.65 bits per heavy atom. The van der Waals surface area contributed by atoms with E-state index in [2.05, 4.69) is 0 Å². The van der Waals surface area contributed by atoms with E-state index >= 15 is 0 Å². The van der Waals surface area contributed by atoms with Gasteiger partial charge in [0, 0.05) is 5.56 Å². The molecule has 0 aliphatic heterocycles. The van der Waals surface area contributed by atoms with Crippen LogP contribution < -0.4 is 4.74 Å². The Hall–Kier alpha value is -1.74. The number of ether oxygens (including phenoxy) is 1. The highest BCUT2D eigenvalue weighted by Crippen LogP contribution is 2.27. The van der Waals surface area contributed by atoms with Crippen LogP contribution in [-0.4, -0.2) is 5.11 Å². The van der Waals surface area contributed by atoms with E-state index in [-0.39, 0.29) is 17.4 Å². The van der Waals surface area contributed by atoms with Gasteiger partial charge in [-0.15, -0.1) is 0 Å². The third-order valence-corrected chi connectivity index (χ3v) is 2.70. The van der Waals surface area contributed by atoms with E-state index in [0.29, 0.717) is 11.3 Å². The molecule has 2 aromatic rings. The van der Waals surface area contributed by atoms with Gasteiger partial charge in [0.2, 0.25) is 0 Å². The summed E-state index contributed by atoms with van der Waals surface area (Å²) in [5.74, 6) is -0.0992. The molecule has 0 heterocycles. The summed E-state index contributed by atoms with van der Waals surface area (Å²) in [4.78, 5) is 0. The van der Waals surface area contributed by atoms with Crippen molar-refractivity contribution in [2.75, 3.05) is 0 Å². The third kappa shape index (κ3) is 2.68. The zero-order chi connectivity index (χ0) is 12.3. The summed E-state index contributed by atoms with van der Waals surface area (Å²) < 4.78 is 18.5. The summed E-state index contributed by atoms with van der Waals surface area (Å²) in [5.41, 5.74) is 0.537. The summed E-state index contributed by atoms with van der Waals surface area (Å²) in [7, 11) is 0. The van der Waals surface area contributed by atoms with Gasteiger partial charge in [0.05, 0.1) is 5.02 Å². The molecule has 0 aromatic heterocycles. The van der Waals surface area contributed by atoms with Crippen LogP contribution in [-0.2, 0) is 6.61 Å². The van der Waals surface area contributed by atoms with Gasteiger partial charge in [0.1, 0.15) is 12.4 Å². The first-order valence-electron chi connectivity index (χ1n) is 5.02. The van der Waals surface area contributed by atoms with E-state index in [9.17, 15) is 9.50 Å². The second-order valence-corrected chi connectivity index (χ2v) is 3.85.